The maximum atomic E-state index is 9.68. The molecule has 6 heteroatoms. The molecule has 0 saturated heterocycles. The average molecular weight is 164 g/mol. The Morgan fingerprint density at radius 3 is 1.73 bits per heavy atom. The first-order valence-electron chi connectivity index (χ1n) is 2.87. The summed E-state index contributed by atoms with van der Waals surface area (Å²) in [6.45, 7) is 1.61. The highest BCUT2D eigenvalue weighted by atomic mass is 16.4. The van der Waals surface area contributed by atoms with Crippen molar-refractivity contribution in [3.05, 3.63) is 0 Å². The van der Waals surface area contributed by atoms with Crippen LogP contribution in [0.1, 0.15) is 13.3 Å². The highest BCUT2D eigenvalue weighted by molar-refractivity contribution is 5.71. The predicted molar refractivity (Wildman–Crippen MR) is 37.7 cm³/mol. The van der Waals surface area contributed by atoms with Crippen molar-refractivity contribution in [3.8, 4) is 0 Å². The number of aliphatic hydroxyl groups is 1. The van der Waals surface area contributed by atoms with E-state index in [4.69, 9.17) is 15.0 Å². The van der Waals surface area contributed by atoms with Crippen LogP contribution in [0, 0.1) is 0 Å². The fourth-order valence-electron chi connectivity index (χ4n) is 0.175. The lowest BCUT2D eigenvalue weighted by Crippen LogP contribution is -2.18. The van der Waals surface area contributed by atoms with E-state index in [0.717, 1.165) is 0 Å². The van der Waals surface area contributed by atoms with E-state index in [2.05, 4.69) is 11.5 Å². The minimum absolute atomic E-state index is 0.273. The molecule has 0 aliphatic heterocycles. The molecule has 0 heterocycles. The molecule has 0 bridgehead atoms. The van der Waals surface area contributed by atoms with Crippen LogP contribution >= 0.6 is 0 Å². The van der Waals surface area contributed by atoms with Crippen LogP contribution in [0.2, 0.25) is 0 Å². The van der Waals surface area contributed by atoms with Crippen molar-refractivity contribution in [2.45, 2.75) is 19.4 Å². The van der Waals surface area contributed by atoms with Gasteiger partial charge in [0.2, 0.25) is 0 Å². The number of carbonyl (C=O) groups is 2. The Balaban J connectivity index is 0. The SMILES string of the molecule is CCC(O)C(=O)O.NC(N)=O. The maximum Gasteiger partial charge on any atom is 0.332 e. The molecule has 0 radical (unpaired) electrons. The number of carboxylic acids is 1. The van der Waals surface area contributed by atoms with Gasteiger partial charge in [-0.15, -0.1) is 0 Å². The van der Waals surface area contributed by atoms with Gasteiger partial charge in [0.25, 0.3) is 0 Å². The van der Waals surface area contributed by atoms with Gasteiger partial charge in [0.05, 0.1) is 0 Å². The van der Waals surface area contributed by atoms with Crippen molar-refractivity contribution in [1.82, 2.24) is 0 Å². The van der Waals surface area contributed by atoms with Gasteiger partial charge in [0, 0.05) is 0 Å². The normalized spacial score (nSPS) is 10.7. The number of carbonyl (C=O) groups excluding carboxylic acids is 1. The lowest BCUT2D eigenvalue weighted by Gasteiger charge is -1.95. The van der Waals surface area contributed by atoms with E-state index in [-0.39, 0.29) is 6.42 Å². The first-order chi connectivity index (χ1) is 4.91. The fourth-order valence-corrected chi connectivity index (χ4v) is 0.175. The Hall–Kier alpha value is -1.30. The molecule has 66 valence electrons. The molecule has 0 aromatic heterocycles. The van der Waals surface area contributed by atoms with E-state index in [9.17, 15) is 4.79 Å². The zero-order valence-corrected chi connectivity index (χ0v) is 6.15. The second kappa shape index (κ2) is 6.81. The minimum atomic E-state index is -1.18. The quantitative estimate of drug-likeness (QED) is 0.411. The summed E-state index contributed by atoms with van der Waals surface area (Å²) in [6.07, 6.45) is -0.907. The zero-order valence-electron chi connectivity index (χ0n) is 6.15. The number of aliphatic carboxylic acids is 1. The number of carboxylic acid groups (broad SMARTS) is 1. The number of primary amides is 2. The Morgan fingerprint density at radius 2 is 1.73 bits per heavy atom. The highest BCUT2D eigenvalue weighted by Gasteiger charge is 2.07. The molecule has 1 unspecified atom stereocenters. The van der Waals surface area contributed by atoms with Crippen LogP contribution in [0.4, 0.5) is 4.79 Å². The largest absolute Gasteiger partial charge is 0.479 e. The molecule has 0 fully saturated rings. The van der Waals surface area contributed by atoms with Gasteiger partial charge >= 0.3 is 12.0 Å². The molecule has 0 aromatic carbocycles. The monoisotopic (exact) mass is 164 g/mol. The van der Waals surface area contributed by atoms with Gasteiger partial charge in [-0.3, -0.25) is 0 Å². The van der Waals surface area contributed by atoms with Crippen LogP contribution in [0.25, 0.3) is 0 Å². The van der Waals surface area contributed by atoms with Crippen molar-refractivity contribution < 1.29 is 19.8 Å². The van der Waals surface area contributed by atoms with E-state index in [1.165, 1.54) is 0 Å². The zero-order chi connectivity index (χ0) is 9.44. The summed E-state index contributed by atoms with van der Waals surface area (Å²) in [7, 11) is 0. The van der Waals surface area contributed by atoms with Gasteiger partial charge in [-0.25, -0.2) is 9.59 Å². The summed E-state index contributed by atoms with van der Waals surface area (Å²) in [5, 5.41) is 16.3. The third-order valence-corrected chi connectivity index (χ3v) is 0.672. The standard InChI is InChI=1S/C4H8O3.CH4N2O/c1-2-3(5)4(6)7;2-1(3)4/h3,5H,2H2,1H3,(H,6,7);(H4,2,3,4). The van der Waals surface area contributed by atoms with E-state index in [1.807, 2.05) is 0 Å². The molecule has 6 N–H and O–H groups in total. The summed E-state index contributed by atoms with van der Waals surface area (Å²) in [4.78, 5) is 18.7. The lowest BCUT2D eigenvalue weighted by molar-refractivity contribution is -0.146. The van der Waals surface area contributed by atoms with Gasteiger partial charge in [0.15, 0.2) is 6.10 Å². The van der Waals surface area contributed by atoms with E-state index >= 15 is 0 Å². The fraction of sp³-hybridized carbons (Fsp3) is 0.600. The van der Waals surface area contributed by atoms with Gasteiger partial charge in [-0.05, 0) is 6.42 Å². The Labute approximate surface area is 63.8 Å². The molecule has 11 heavy (non-hydrogen) atoms. The summed E-state index contributed by atoms with van der Waals surface area (Å²) in [5.74, 6) is -1.15. The molecular weight excluding hydrogens is 152 g/mol. The third-order valence-electron chi connectivity index (χ3n) is 0.672. The number of hydrogen-bond acceptors (Lipinski definition) is 3. The molecule has 6 nitrogen and oxygen atoms in total. The van der Waals surface area contributed by atoms with Crippen LogP contribution in [-0.4, -0.2) is 28.3 Å². The third kappa shape index (κ3) is 17.7. The molecule has 2 amide bonds. The van der Waals surface area contributed by atoms with Crippen LogP contribution in [-0.2, 0) is 4.79 Å². The number of aliphatic hydroxyl groups excluding tert-OH is 1. The second-order valence-corrected chi connectivity index (χ2v) is 1.66. The Bertz CT molecular complexity index is 132. The van der Waals surface area contributed by atoms with Gasteiger partial charge in [0.1, 0.15) is 0 Å². The molecule has 0 aromatic rings. The average Bonchev–Trinajstić information content (AvgIpc) is 1.85. The highest BCUT2D eigenvalue weighted by Crippen LogP contribution is 1.86. The minimum Gasteiger partial charge on any atom is -0.479 e. The lowest BCUT2D eigenvalue weighted by atomic mass is 10.3. The van der Waals surface area contributed by atoms with Crippen molar-refractivity contribution in [2.75, 3.05) is 0 Å². The first kappa shape index (κ1) is 12.4. The summed E-state index contributed by atoms with van der Waals surface area (Å²) < 4.78 is 0. The van der Waals surface area contributed by atoms with E-state index in [0.29, 0.717) is 0 Å². The molecule has 0 saturated carbocycles. The van der Waals surface area contributed by atoms with Crippen molar-refractivity contribution in [1.29, 1.82) is 0 Å². The van der Waals surface area contributed by atoms with Crippen molar-refractivity contribution in [3.63, 3.8) is 0 Å². The summed E-state index contributed by atoms with van der Waals surface area (Å²) in [6, 6.07) is -0.833. The maximum absolute atomic E-state index is 9.68. The number of nitrogens with two attached hydrogens (primary N) is 2. The summed E-state index contributed by atoms with van der Waals surface area (Å²) >= 11 is 0. The molecule has 0 aliphatic rings. The molecule has 0 aliphatic carbocycles. The molecular formula is C5H12N2O4. The molecule has 0 spiro atoms. The van der Waals surface area contributed by atoms with Crippen molar-refractivity contribution in [2.24, 2.45) is 11.5 Å². The Morgan fingerprint density at radius 1 is 1.45 bits per heavy atom. The number of urea groups is 1. The smallest absolute Gasteiger partial charge is 0.332 e. The van der Waals surface area contributed by atoms with E-state index < -0.39 is 18.1 Å². The first-order valence-corrected chi connectivity index (χ1v) is 2.87. The van der Waals surface area contributed by atoms with Crippen LogP contribution < -0.4 is 11.5 Å². The van der Waals surface area contributed by atoms with Crippen LogP contribution in [0.5, 0.6) is 0 Å². The van der Waals surface area contributed by atoms with E-state index in [1.54, 1.807) is 6.92 Å². The number of amides is 2. The Kier molecular flexibility index (Phi) is 7.67. The molecule has 1 atom stereocenters. The number of hydrogen-bond donors (Lipinski definition) is 4. The summed E-state index contributed by atoms with van der Waals surface area (Å²) in [5.41, 5.74) is 8.50. The topological polar surface area (TPSA) is 127 Å². The van der Waals surface area contributed by atoms with Crippen LogP contribution in [0.15, 0.2) is 0 Å². The predicted octanol–water partition coefficient (Wildman–Crippen LogP) is -1.13. The van der Waals surface area contributed by atoms with Crippen LogP contribution in [0.3, 0.4) is 0 Å². The van der Waals surface area contributed by atoms with Crippen molar-refractivity contribution >= 4 is 12.0 Å². The van der Waals surface area contributed by atoms with Gasteiger partial charge in [-0.1, -0.05) is 6.92 Å². The second-order valence-electron chi connectivity index (χ2n) is 1.66. The number of rotatable bonds is 2. The molecule has 0 rings (SSSR count). The van der Waals surface area contributed by atoms with Gasteiger partial charge < -0.3 is 21.7 Å². The van der Waals surface area contributed by atoms with Gasteiger partial charge in [-0.2, -0.15) is 0 Å².